The van der Waals surface area contributed by atoms with Gasteiger partial charge in [0.25, 0.3) is 0 Å². The first-order chi connectivity index (χ1) is 14.6. The molecular weight excluding hydrogens is 370 g/mol. The number of aromatic nitrogens is 2. The number of hydrogen-bond donors (Lipinski definition) is 1. The third-order valence-electron chi connectivity index (χ3n) is 6.18. The van der Waals surface area contributed by atoms with E-state index in [9.17, 15) is 4.79 Å². The van der Waals surface area contributed by atoms with Crippen molar-refractivity contribution in [3.63, 3.8) is 0 Å². The molecule has 0 bridgehead atoms. The summed E-state index contributed by atoms with van der Waals surface area (Å²) in [7, 11) is 0. The first kappa shape index (κ1) is 18.6. The van der Waals surface area contributed by atoms with Gasteiger partial charge in [-0.1, -0.05) is 72.8 Å². The van der Waals surface area contributed by atoms with Crippen molar-refractivity contribution in [3.05, 3.63) is 95.3 Å². The summed E-state index contributed by atoms with van der Waals surface area (Å²) in [6.45, 7) is 4.67. The third-order valence-corrected chi connectivity index (χ3v) is 6.18. The lowest BCUT2D eigenvalue weighted by Crippen LogP contribution is -2.16. The summed E-state index contributed by atoms with van der Waals surface area (Å²) < 4.78 is 1.99. The molecule has 0 unspecified atom stereocenters. The molecule has 4 heteroatoms. The third kappa shape index (κ3) is 3.39. The zero-order chi connectivity index (χ0) is 20.7. The second kappa shape index (κ2) is 7.45. The van der Waals surface area contributed by atoms with Gasteiger partial charge in [-0.3, -0.25) is 9.48 Å². The zero-order valence-electron chi connectivity index (χ0n) is 17.3. The second-order valence-electron chi connectivity index (χ2n) is 8.19. The Balaban J connectivity index is 1.35. The standard InChI is InChI=1S/C26H25N3O/c1-17-25(27-26(30)24-15-23(24)20-9-4-3-5-10-20)18(2)29(28-17)16-21-13-8-12-19-11-6-7-14-22(19)21/h3-14,23-24H,15-16H2,1-2H3,(H,27,30)/t23-,24-/m0/s1. The molecule has 1 aromatic heterocycles. The molecule has 5 rings (SSSR count). The molecule has 4 nitrogen and oxygen atoms in total. The van der Waals surface area contributed by atoms with Crippen molar-refractivity contribution in [2.45, 2.75) is 32.7 Å². The zero-order valence-corrected chi connectivity index (χ0v) is 17.3. The number of aryl methyl sites for hydroxylation is 1. The van der Waals surface area contributed by atoms with Crippen LogP contribution in [0.4, 0.5) is 5.69 Å². The average molecular weight is 396 g/mol. The fourth-order valence-electron chi connectivity index (χ4n) is 4.39. The Bertz CT molecular complexity index is 1220. The van der Waals surface area contributed by atoms with Crippen molar-refractivity contribution in [2.75, 3.05) is 5.32 Å². The Labute approximate surface area is 176 Å². The normalized spacial score (nSPS) is 17.8. The molecule has 0 saturated heterocycles. The van der Waals surface area contributed by atoms with Crippen LogP contribution in [0.1, 0.15) is 34.9 Å². The largest absolute Gasteiger partial charge is 0.323 e. The van der Waals surface area contributed by atoms with Crippen LogP contribution in [0, 0.1) is 19.8 Å². The lowest BCUT2D eigenvalue weighted by Gasteiger charge is -2.09. The predicted octanol–water partition coefficient (Wildman–Crippen LogP) is 5.44. The molecule has 1 N–H and O–H groups in total. The number of nitrogens with zero attached hydrogens (tertiary/aromatic N) is 2. The molecule has 1 aliphatic carbocycles. The summed E-state index contributed by atoms with van der Waals surface area (Å²) in [6.07, 6.45) is 0.915. The summed E-state index contributed by atoms with van der Waals surface area (Å²) in [6, 6.07) is 25.1. The van der Waals surface area contributed by atoms with Crippen molar-refractivity contribution in [1.82, 2.24) is 9.78 Å². The SMILES string of the molecule is Cc1nn(Cc2cccc3ccccc23)c(C)c1NC(=O)[C@H]1C[C@H]1c1ccccc1. The van der Waals surface area contributed by atoms with Gasteiger partial charge >= 0.3 is 0 Å². The highest BCUT2D eigenvalue weighted by Crippen LogP contribution is 2.48. The van der Waals surface area contributed by atoms with E-state index < -0.39 is 0 Å². The topological polar surface area (TPSA) is 46.9 Å². The van der Waals surface area contributed by atoms with E-state index in [1.165, 1.54) is 21.9 Å². The smallest absolute Gasteiger partial charge is 0.228 e. The van der Waals surface area contributed by atoms with Crippen molar-refractivity contribution in [2.24, 2.45) is 5.92 Å². The Hall–Kier alpha value is -3.40. The van der Waals surface area contributed by atoms with Crippen LogP contribution in [0.3, 0.4) is 0 Å². The molecule has 1 fully saturated rings. The van der Waals surface area contributed by atoms with Crippen molar-refractivity contribution in [1.29, 1.82) is 0 Å². The van der Waals surface area contributed by atoms with Crippen LogP contribution >= 0.6 is 0 Å². The minimum absolute atomic E-state index is 0.0487. The highest BCUT2D eigenvalue weighted by atomic mass is 16.2. The van der Waals surface area contributed by atoms with Gasteiger partial charge in [0.2, 0.25) is 5.91 Å². The number of fused-ring (bicyclic) bond motifs is 1. The number of carbonyl (C=O) groups is 1. The van der Waals surface area contributed by atoms with Crippen molar-refractivity contribution < 1.29 is 4.79 Å². The van der Waals surface area contributed by atoms with Gasteiger partial charge in [0.05, 0.1) is 23.6 Å². The van der Waals surface area contributed by atoms with E-state index in [4.69, 9.17) is 5.10 Å². The van der Waals surface area contributed by atoms with Gasteiger partial charge in [-0.15, -0.1) is 0 Å². The number of benzene rings is 3. The molecule has 4 aromatic rings. The molecule has 1 amide bonds. The quantitative estimate of drug-likeness (QED) is 0.489. The van der Waals surface area contributed by atoms with Crippen molar-refractivity contribution in [3.8, 4) is 0 Å². The molecule has 1 heterocycles. The monoisotopic (exact) mass is 395 g/mol. The van der Waals surface area contributed by atoms with E-state index in [0.717, 1.165) is 23.5 Å². The maximum atomic E-state index is 12.9. The molecule has 30 heavy (non-hydrogen) atoms. The van der Waals surface area contributed by atoms with Gasteiger partial charge in [0.15, 0.2) is 0 Å². The molecular formula is C26H25N3O. The maximum absolute atomic E-state index is 12.9. The summed E-state index contributed by atoms with van der Waals surface area (Å²) in [5, 5.41) is 10.4. The molecule has 150 valence electrons. The number of anilines is 1. The van der Waals surface area contributed by atoms with Crippen molar-refractivity contribution >= 4 is 22.4 Å². The summed E-state index contributed by atoms with van der Waals surface area (Å²) >= 11 is 0. The Morgan fingerprint density at radius 1 is 1.00 bits per heavy atom. The average Bonchev–Trinajstić information content (AvgIpc) is 3.54. The Morgan fingerprint density at radius 3 is 2.57 bits per heavy atom. The van der Waals surface area contributed by atoms with E-state index in [1.807, 2.05) is 36.7 Å². The minimum atomic E-state index is 0.0487. The molecule has 2 atom stereocenters. The Morgan fingerprint density at radius 2 is 1.73 bits per heavy atom. The van der Waals surface area contributed by atoms with E-state index >= 15 is 0 Å². The number of hydrogen-bond acceptors (Lipinski definition) is 2. The van der Waals surface area contributed by atoms with E-state index in [1.54, 1.807) is 0 Å². The Kier molecular flexibility index (Phi) is 4.62. The minimum Gasteiger partial charge on any atom is -0.323 e. The lowest BCUT2D eigenvalue weighted by atomic mass is 10.0. The van der Waals surface area contributed by atoms with Gasteiger partial charge < -0.3 is 5.32 Å². The van der Waals surface area contributed by atoms with Crippen LogP contribution in [0.15, 0.2) is 72.8 Å². The fourth-order valence-corrected chi connectivity index (χ4v) is 4.39. The van der Waals surface area contributed by atoms with E-state index in [0.29, 0.717) is 12.5 Å². The number of carbonyl (C=O) groups excluding carboxylic acids is 1. The molecule has 1 aliphatic rings. The van der Waals surface area contributed by atoms with Crippen LogP contribution in [0.5, 0.6) is 0 Å². The summed E-state index contributed by atoms with van der Waals surface area (Å²) in [5.41, 5.74) is 5.17. The van der Waals surface area contributed by atoms with Gasteiger partial charge in [0.1, 0.15) is 0 Å². The van der Waals surface area contributed by atoms with Gasteiger partial charge in [-0.25, -0.2) is 0 Å². The second-order valence-corrected chi connectivity index (χ2v) is 8.19. The van der Waals surface area contributed by atoms with Gasteiger partial charge in [-0.05, 0) is 48.1 Å². The first-order valence-electron chi connectivity index (χ1n) is 10.5. The first-order valence-corrected chi connectivity index (χ1v) is 10.5. The number of nitrogens with one attached hydrogen (secondary N) is 1. The van der Waals surface area contributed by atoms with Crippen LogP contribution < -0.4 is 5.32 Å². The number of amides is 1. The fraction of sp³-hybridized carbons (Fsp3) is 0.231. The van der Waals surface area contributed by atoms with E-state index in [2.05, 4.69) is 59.9 Å². The van der Waals surface area contributed by atoms with E-state index in [-0.39, 0.29) is 11.8 Å². The highest BCUT2D eigenvalue weighted by molar-refractivity contribution is 5.96. The van der Waals surface area contributed by atoms with Crippen LogP contribution in [-0.4, -0.2) is 15.7 Å². The number of rotatable bonds is 5. The molecule has 3 aromatic carbocycles. The molecule has 1 saturated carbocycles. The summed E-state index contributed by atoms with van der Waals surface area (Å²) in [5.74, 6) is 0.477. The summed E-state index contributed by atoms with van der Waals surface area (Å²) in [4.78, 5) is 12.9. The maximum Gasteiger partial charge on any atom is 0.228 e. The van der Waals surface area contributed by atoms with Gasteiger partial charge in [0, 0.05) is 5.92 Å². The molecule has 0 radical (unpaired) electrons. The van der Waals surface area contributed by atoms with Crippen LogP contribution in [0.2, 0.25) is 0 Å². The van der Waals surface area contributed by atoms with Gasteiger partial charge in [-0.2, -0.15) is 5.10 Å². The highest BCUT2D eigenvalue weighted by Gasteiger charge is 2.44. The molecule has 0 aliphatic heterocycles. The predicted molar refractivity (Wildman–Crippen MR) is 121 cm³/mol. The lowest BCUT2D eigenvalue weighted by molar-refractivity contribution is -0.117. The molecule has 0 spiro atoms. The van der Waals surface area contributed by atoms with Crippen LogP contribution in [-0.2, 0) is 11.3 Å². The van der Waals surface area contributed by atoms with Crippen LogP contribution in [0.25, 0.3) is 10.8 Å².